The Kier molecular flexibility index (Phi) is 3.03. The predicted octanol–water partition coefficient (Wildman–Crippen LogP) is 3.35. The Bertz CT molecular complexity index is 1170. The Balaban J connectivity index is 1.38. The van der Waals surface area contributed by atoms with Gasteiger partial charge in [0.15, 0.2) is 5.65 Å². The normalized spacial score (nSPS) is 22.2. The monoisotopic (exact) mass is 357 g/mol. The van der Waals surface area contributed by atoms with E-state index in [9.17, 15) is 0 Å². The number of anilines is 1. The number of nitrogens with zero attached hydrogens (tertiary/aromatic N) is 6. The van der Waals surface area contributed by atoms with Crippen molar-refractivity contribution in [3.63, 3.8) is 0 Å². The third-order valence-electron chi connectivity index (χ3n) is 5.84. The first-order valence-electron chi connectivity index (χ1n) is 9.48. The number of nitrogens with two attached hydrogens (primary N) is 1. The molecule has 3 heterocycles. The molecule has 2 fully saturated rings. The lowest BCUT2D eigenvalue weighted by Gasteiger charge is -2.37. The lowest BCUT2D eigenvalue weighted by Crippen LogP contribution is -2.27. The molecule has 7 nitrogen and oxygen atoms in total. The van der Waals surface area contributed by atoms with Gasteiger partial charge in [-0.1, -0.05) is 18.2 Å². The van der Waals surface area contributed by atoms with Gasteiger partial charge in [0, 0.05) is 23.3 Å². The number of para-hydroxylation sites is 1. The molecule has 4 aromatic rings. The van der Waals surface area contributed by atoms with E-state index in [1.165, 1.54) is 18.7 Å². The Morgan fingerprint density at radius 2 is 1.81 bits per heavy atom. The zero-order valence-electron chi connectivity index (χ0n) is 14.8. The maximum Gasteiger partial charge on any atom is 0.220 e. The van der Waals surface area contributed by atoms with Crippen molar-refractivity contribution in [3.8, 4) is 0 Å². The number of hydrogen-bond donors (Lipinski definition) is 1. The average Bonchev–Trinajstić information content (AvgIpc) is 3.42. The van der Waals surface area contributed by atoms with Crippen LogP contribution in [0.5, 0.6) is 0 Å². The van der Waals surface area contributed by atoms with Crippen LogP contribution < -0.4 is 5.73 Å². The molecule has 0 aliphatic heterocycles. The summed E-state index contributed by atoms with van der Waals surface area (Å²) in [6.45, 7) is 0. The molecular weight excluding hydrogens is 338 g/mol. The standard InChI is InChI=1S/C20H19N7/c21-20-25-15-4-2-1-3-14(15)17(26-20)12-7-13(8-12)27-18(11-5-6-11)24-16-9-22-10-23-19(16)27/h1-4,9-13H,5-8H2,(H2,21,25,26). The first kappa shape index (κ1) is 15.0. The SMILES string of the molecule is Nc1nc(C2CC(n3c(C4CC4)nc4cncnc43)C2)c2ccccc2n1. The molecule has 27 heavy (non-hydrogen) atoms. The van der Waals surface area contributed by atoms with E-state index in [0.717, 1.165) is 40.6 Å². The van der Waals surface area contributed by atoms with E-state index >= 15 is 0 Å². The van der Waals surface area contributed by atoms with E-state index in [0.29, 0.717) is 23.8 Å². The van der Waals surface area contributed by atoms with Crippen molar-refractivity contribution in [3.05, 3.63) is 48.3 Å². The summed E-state index contributed by atoms with van der Waals surface area (Å²) >= 11 is 0. The fourth-order valence-electron chi connectivity index (χ4n) is 4.31. The van der Waals surface area contributed by atoms with Crippen LogP contribution in [0, 0.1) is 0 Å². The number of imidazole rings is 1. The highest BCUT2D eigenvalue weighted by Crippen LogP contribution is 2.50. The highest BCUT2D eigenvalue weighted by Gasteiger charge is 2.39. The Morgan fingerprint density at radius 3 is 2.67 bits per heavy atom. The zero-order chi connectivity index (χ0) is 18.0. The molecule has 0 atom stereocenters. The van der Waals surface area contributed by atoms with Crippen molar-refractivity contribution in [1.82, 2.24) is 29.5 Å². The molecular formula is C20H19N7. The summed E-state index contributed by atoms with van der Waals surface area (Å²) in [5.41, 5.74) is 9.82. The minimum atomic E-state index is 0.353. The fraction of sp³-hybridized carbons (Fsp3) is 0.350. The minimum absolute atomic E-state index is 0.353. The molecule has 0 spiro atoms. The maximum atomic E-state index is 5.96. The Labute approximate surface area is 155 Å². The molecule has 2 aliphatic rings. The Hall–Kier alpha value is -3.09. The topological polar surface area (TPSA) is 95.4 Å². The summed E-state index contributed by atoms with van der Waals surface area (Å²) < 4.78 is 2.36. The van der Waals surface area contributed by atoms with Gasteiger partial charge in [0.05, 0.1) is 17.4 Å². The van der Waals surface area contributed by atoms with Gasteiger partial charge < -0.3 is 10.3 Å². The molecule has 3 aromatic heterocycles. The van der Waals surface area contributed by atoms with Gasteiger partial charge in [-0.25, -0.2) is 24.9 Å². The van der Waals surface area contributed by atoms with Gasteiger partial charge >= 0.3 is 0 Å². The van der Waals surface area contributed by atoms with Gasteiger partial charge in [0.25, 0.3) is 0 Å². The fourth-order valence-corrected chi connectivity index (χ4v) is 4.31. The second kappa shape index (κ2) is 5.45. The van der Waals surface area contributed by atoms with Crippen molar-refractivity contribution in [2.45, 2.75) is 43.6 Å². The number of nitrogen functional groups attached to an aromatic ring is 1. The molecule has 2 N–H and O–H groups in total. The van der Waals surface area contributed by atoms with E-state index in [1.54, 1.807) is 6.33 Å². The van der Waals surface area contributed by atoms with E-state index in [2.05, 4.69) is 30.6 Å². The van der Waals surface area contributed by atoms with Gasteiger partial charge in [-0.2, -0.15) is 0 Å². The zero-order valence-corrected chi connectivity index (χ0v) is 14.8. The number of aromatic nitrogens is 6. The second-order valence-corrected chi connectivity index (χ2v) is 7.65. The lowest BCUT2D eigenvalue weighted by atomic mass is 9.76. The predicted molar refractivity (Wildman–Crippen MR) is 102 cm³/mol. The summed E-state index contributed by atoms with van der Waals surface area (Å²) in [5.74, 6) is 2.50. The maximum absolute atomic E-state index is 5.96. The molecule has 2 saturated carbocycles. The van der Waals surface area contributed by atoms with Crippen LogP contribution in [0.25, 0.3) is 22.1 Å². The second-order valence-electron chi connectivity index (χ2n) is 7.65. The van der Waals surface area contributed by atoms with Gasteiger partial charge in [0.2, 0.25) is 5.95 Å². The van der Waals surface area contributed by atoms with Crippen LogP contribution in [0.2, 0.25) is 0 Å². The number of fused-ring (bicyclic) bond motifs is 2. The third kappa shape index (κ3) is 2.31. The first-order chi connectivity index (χ1) is 13.3. The molecule has 6 rings (SSSR count). The minimum Gasteiger partial charge on any atom is -0.368 e. The highest BCUT2D eigenvalue weighted by atomic mass is 15.2. The van der Waals surface area contributed by atoms with Crippen LogP contribution in [0.3, 0.4) is 0 Å². The average molecular weight is 357 g/mol. The highest BCUT2D eigenvalue weighted by molar-refractivity contribution is 5.82. The lowest BCUT2D eigenvalue weighted by molar-refractivity contribution is 0.261. The number of rotatable bonds is 3. The molecule has 134 valence electrons. The Morgan fingerprint density at radius 1 is 0.963 bits per heavy atom. The van der Waals surface area contributed by atoms with Crippen molar-refractivity contribution in [2.75, 3.05) is 5.73 Å². The summed E-state index contributed by atoms with van der Waals surface area (Å²) in [6.07, 6.45) is 7.93. The largest absolute Gasteiger partial charge is 0.368 e. The summed E-state index contributed by atoms with van der Waals surface area (Å²) in [6, 6.07) is 8.51. The molecule has 0 bridgehead atoms. The molecule has 0 saturated heterocycles. The number of benzene rings is 1. The van der Waals surface area contributed by atoms with E-state index < -0.39 is 0 Å². The van der Waals surface area contributed by atoms with Crippen LogP contribution in [0.1, 0.15) is 55.1 Å². The van der Waals surface area contributed by atoms with Gasteiger partial charge in [-0.3, -0.25) is 0 Å². The van der Waals surface area contributed by atoms with E-state index in [4.69, 9.17) is 10.7 Å². The molecule has 0 amide bonds. The van der Waals surface area contributed by atoms with Gasteiger partial charge in [0.1, 0.15) is 17.7 Å². The van der Waals surface area contributed by atoms with Crippen LogP contribution in [-0.4, -0.2) is 29.5 Å². The van der Waals surface area contributed by atoms with Crippen molar-refractivity contribution in [2.24, 2.45) is 0 Å². The third-order valence-corrected chi connectivity index (χ3v) is 5.84. The van der Waals surface area contributed by atoms with Crippen LogP contribution >= 0.6 is 0 Å². The molecule has 2 aliphatic carbocycles. The molecule has 0 radical (unpaired) electrons. The molecule has 7 heteroatoms. The molecule has 0 unspecified atom stereocenters. The van der Waals surface area contributed by atoms with E-state index in [1.807, 2.05) is 24.4 Å². The summed E-state index contributed by atoms with van der Waals surface area (Å²) in [5, 5.41) is 1.11. The summed E-state index contributed by atoms with van der Waals surface area (Å²) in [4.78, 5) is 22.4. The number of hydrogen-bond acceptors (Lipinski definition) is 6. The van der Waals surface area contributed by atoms with Crippen molar-refractivity contribution >= 4 is 28.0 Å². The van der Waals surface area contributed by atoms with Crippen LogP contribution in [0.15, 0.2) is 36.8 Å². The van der Waals surface area contributed by atoms with E-state index in [-0.39, 0.29) is 0 Å². The van der Waals surface area contributed by atoms with Crippen molar-refractivity contribution < 1.29 is 0 Å². The van der Waals surface area contributed by atoms with Gasteiger partial charge in [-0.05, 0) is 31.7 Å². The van der Waals surface area contributed by atoms with Crippen LogP contribution in [-0.2, 0) is 0 Å². The first-order valence-corrected chi connectivity index (χ1v) is 9.48. The quantitative estimate of drug-likeness (QED) is 0.604. The summed E-state index contributed by atoms with van der Waals surface area (Å²) in [7, 11) is 0. The van der Waals surface area contributed by atoms with Crippen LogP contribution in [0.4, 0.5) is 5.95 Å². The smallest absolute Gasteiger partial charge is 0.220 e. The molecule has 1 aromatic carbocycles. The van der Waals surface area contributed by atoms with Gasteiger partial charge in [-0.15, -0.1) is 0 Å². The van der Waals surface area contributed by atoms with Crippen molar-refractivity contribution in [1.29, 1.82) is 0 Å².